The van der Waals surface area contributed by atoms with Gasteiger partial charge >= 0.3 is 0 Å². The van der Waals surface area contributed by atoms with Gasteiger partial charge in [0, 0.05) is 31.9 Å². The zero-order valence-electron chi connectivity index (χ0n) is 13.0. The number of hydrogen-bond donors (Lipinski definition) is 1. The number of rotatable bonds is 9. The van der Waals surface area contributed by atoms with Crippen LogP contribution in [0.3, 0.4) is 0 Å². The Labute approximate surface area is 127 Å². The van der Waals surface area contributed by atoms with Crippen LogP contribution in [0.25, 0.3) is 0 Å². The molecule has 1 aromatic heterocycles. The third-order valence-corrected chi connectivity index (χ3v) is 3.51. The Morgan fingerprint density at radius 3 is 2.76 bits per heavy atom. The Bertz CT molecular complexity index is 510. The van der Waals surface area contributed by atoms with E-state index in [-0.39, 0.29) is 0 Å². The van der Waals surface area contributed by atoms with Gasteiger partial charge in [0.15, 0.2) is 0 Å². The molecule has 21 heavy (non-hydrogen) atoms. The lowest BCUT2D eigenvalue weighted by atomic mass is 10.1. The van der Waals surface area contributed by atoms with E-state index >= 15 is 0 Å². The maximum Gasteiger partial charge on any atom is 0.119 e. The number of aryl methyl sites for hydroxylation is 1. The standard InChI is InChI=1S/C17H25N3O/c1-3-10-18-15(14-17-19-11-12-20(17)2)9-13-21-16-7-5-4-6-8-16/h4-8,11-12,15,18H,3,9-10,13-14H2,1-2H3. The monoisotopic (exact) mass is 287 g/mol. The molecule has 0 radical (unpaired) electrons. The van der Waals surface area contributed by atoms with Gasteiger partial charge in [0.05, 0.1) is 6.61 Å². The summed E-state index contributed by atoms with van der Waals surface area (Å²) in [5.74, 6) is 2.05. The molecule has 1 atom stereocenters. The van der Waals surface area contributed by atoms with Crippen molar-refractivity contribution in [3.8, 4) is 5.75 Å². The van der Waals surface area contributed by atoms with E-state index in [4.69, 9.17) is 4.74 Å². The maximum absolute atomic E-state index is 5.80. The predicted molar refractivity (Wildman–Crippen MR) is 85.5 cm³/mol. The topological polar surface area (TPSA) is 39.1 Å². The fourth-order valence-corrected chi connectivity index (χ4v) is 2.27. The Kier molecular flexibility index (Phi) is 6.28. The van der Waals surface area contributed by atoms with Crippen molar-refractivity contribution in [3.05, 3.63) is 48.5 Å². The minimum Gasteiger partial charge on any atom is -0.494 e. The molecule has 1 heterocycles. The maximum atomic E-state index is 5.80. The van der Waals surface area contributed by atoms with Gasteiger partial charge in [-0.05, 0) is 31.5 Å². The predicted octanol–water partition coefficient (Wildman–Crippen LogP) is 2.80. The lowest BCUT2D eigenvalue weighted by Gasteiger charge is -2.18. The van der Waals surface area contributed by atoms with Crippen molar-refractivity contribution < 1.29 is 4.74 Å². The molecule has 114 valence electrons. The van der Waals surface area contributed by atoms with Crippen LogP contribution < -0.4 is 10.1 Å². The molecular formula is C17H25N3O. The van der Waals surface area contributed by atoms with Crippen molar-refractivity contribution >= 4 is 0 Å². The van der Waals surface area contributed by atoms with E-state index in [9.17, 15) is 0 Å². The van der Waals surface area contributed by atoms with Crippen LogP contribution in [0.5, 0.6) is 5.75 Å². The quantitative estimate of drug-likeness (QED) is 0.771. The van der Waals surface area contributed by atoms with Crippen molar-refractivity contribution in [2.24, 2.45) is 7.05 Å². The lowest BCUT2D eigenvalue weighted by Crippen LogP contribution is -2.34. The van der Waals surface area contributed by atoms with Crippen molar-refractivity contribution in [1.29, 1.82) is 0 Å². The number of aromatic nitrogens is 2. The van der Waals surface area contributed by atoms with E-state index in [1.54, 1.807) is 0 Å². The van der Waals surface area contributed by atoms with Gasteiger partial charge in [-0.25, -0.2) is 4.98 Å². The van der Waals surface area contributed by atoms with Crippen molar-refractivity contribution in [3.63, 3.8) is 0 Å². The van der Waals surface area contributed by atoms with Gasteiger partial charge in [0.25, 0.3) is 0 Å². The number of nitrogens with zero attached hydrogens (tertiary/aromatic N) is 2. The molecule has 4 nitrogen and oxygen atoms in total. The van der Waals surface area contributed by atoms with E-state index in [1.807, 2.05) is 49.8 Å². The number of imidazole rings is 1. The first-order chi connectivity index (χ1) is 10.3. The summed E-state index contributed by atoms with van der Waals surface area (Å²) < 4.78 is 7.88. The fraction of sp³-hybridized carbons (Fsp3) is 0.471. The van der Waals surface area contributed by atoms with Crippen LogP contribution in [-0.4, -0.2) is 28.7 Å². The highest BCUT2D eigenvalue weighted by Crippen LogP contribution is 2.10. The molecule has 0 bridgehead atoms. The second kappa shape index (κ2) is 8.47. The van der Waals surface area contributed by atoms with Crippen LogP contribution >= 0.6 is 0 Å². The summed E-state index contributed by atoms with van der Waals surface area (Å²) >= 11 is 0. The second-order valence-corrected chi connectivity index (χ2v) is 5.26. The molecule has 0 aliphatic heterocycles. The summed E-state index contributed by atoms with van der Waals surface area (Å²) in [6, 6.07) is 10.4. The molecule has 1 aromatic carbocycles. The molecule has 1 unspecified atom stereocenters. The van der Waals surface area contributed by atoms with Gasteiger partial charge in [0.1, 0.15) is 11.6 Å². The first-order valence-corrected chi connectivity index (χ1v) is 7.67. The van der Waals surface area contributed by atoms with Crippen LogP contribution in [0.15, 0.2) is 42.7 Å². The highest BCUT2D eigenvalue weighted by Gasteiger charge is 2.12. The van der Waals surface area contributed by atoms with Gasteiger partial charge < -0.3 is 14.6 Å². The molecule has 0 saturated heterocycles. The van der Waals surface area contributed by atoms with Crippen LogP contribution in [0, 0.1) is 0 Å². The van der Waals surface area contributed by atoms with Crippen molar-refractivity contribution in [2.45, 2.75) is 32.2 Å². The Morgan fingerprint density at radius 2 is 2.10 bits per heavy atom. The minimum atomic E-state index is 0.398. The summed E-state index contributed by atoms with van der Waals surface area (Å²) in [6.07, 6.45) is 6.89. The number of hydrogen-bond acceptors (Lipinski definition) is 3. The van der Waals surface area contributed by atoms with E-state index in [0.29, 0.717) is 6.04 Å². The third kappa shape index (κ3) is 5.23. The van der Waals surface area contributed by atoms with Crippen LogP contribution in [0.4, 0.5) is 0 Å². The lowest BCUT2D eigenvalue weighted by molar-refractivity contribution is 0.283. The summed E-state index contributed by atoms with van der Waals surface area (Å²) in [5, 5.41) is 3.59. The molecule has 0 aliphatic carbocycles. The molecule has 0 saturated carbocycles. The van der Waals surface area contributed by atoms with E-state index < -0.39 is 0 Å². The molecule has 0 fully saturated rings. The largest absolute Gasteiger partial charge is 0.494 e. The van der Waals surface area contributed by atoms with Crippen LogP contribution in [0.2, 0.25) is 0 Å². The normalized spacial score (nSPS) is 12.3. The van der Waals surface area contributed by atoms with Crippen molar-refractivity contribution in [2.75, 3.05) is 13.2 Å². The van der Waals surface area contributed by atoms with Gasteiger partial charge in [-0.15, -0.1) is 0 Å². The zero-order valence-corrected chi connectivity index (χ0v) is 13.0. The molecule has 4 heteroatoms. The summed E-state index contributed by atoms with van der Waals surface area (Å²) in [5.41, 5.74) is 0. The smallest absolute Gasteiger partial charge is 0.119 e. The number of nitrogens with one attached hydrogen (secondary N) is 1. The molecular weight excluding hydrogens is 262 g/mol. The fourth-order valence-electron chi connectivity index (χ4n) is 2.27. The number of ether oxygens (including phenoxy) is 1. The highest BCUT2D eigenvalue weighted by molar-refractivity contribution is 5.20. The SMILES string of the molecule is CCCNC(CCOc1ccccc1)Cc1nccn1C. The van der Waals surface area contributed by atoms with Gasteiger partial charge in [-0.3, -0.25) is 0 Å². The van der Waals surface area contributed by atoms with Gasteiger partial charge in [-0.2, -0.15) is 0 Å². The first kappa shape index (κ1) is 15.6. The zero-order chi connectivity index (χ0) is 14.9. The number of para-hydroxylation sites is 1. The average Bonchev–Trinajstić information content (AvgIpc) is 2.91. The Morgan fingerprint density at radius 1 is 1.29 bits per heavy atom. The van der Waals surface area contributed by atoms with E-state index in [2.05, 4.69) is 21.8 Å². The molecule has 2 rings (SSSR count). The summed E-state index contributed by atoms with van der Waals surface area (Å²) in [6.45, 7) is 3.93. The second-order valence-electron chi connectivity index (χ2n) is 5.26. The molecule has 2 aromatic rings. The average molecular weight is 287 g/mol. The van der Waals surface area contributed by atoms with Crippen LogP contribution in [0.1, 0.15) is 25.6 Å². The minimum absolute atomic E-state index is 0.398. The highest BCUT2D eigenvalue weighted by atomic mass is 16.5. The van der Waals surface area contributed by atoms with E-state index in [1.165, 1.54) is 0 Å². The molecule has 0 spiro atoms. The van der Waals surface area contributed by atoms with Crippen molar-refractivity contribution in [1.82, 2.24) is 14.9 Å². The molecule has 0 aliphatic rings. The molecule has 1 N–H and O–H groups in total. The summed E-state index contributed by atoms with van der Waals surface area (Å²) in [7, 11) is 2.04. The Balaban J connectivity index is 1.83. The third-order valence-electron chi connectivity index (χ3n) is 3.51. The van der Waals surface area contributed by atoms with Gasteiger partial charge in [-0.1, -0.05) is 25.1 Å². The van der Waals surface area contributed by atoms with Crippen LogP contribution in [-0.2, 0) is 13.5 Å². The Hall–Kier alpha value is -1.81. The molecule has 0 amide bonds. The van der Waals surface area contributed by atoms with Gasteiger partial charge in [0.2, 0.25) is 0 Å². The van der Waals surface area contributed by atoms with E-state index in [0.717, 1.165) is 44.0 Å². The first-order valence-electron chi connectivity index (χ1n) is 7.67. The number of benzene rings is 1. The summed E-state index contributed by atoms with van der Waals surface area (Å²) in [4.78, 5) is 4.41.